The fraction of sp³-hybridized carbons (Fsp3) is 0.900. The number of carbonyl (C=O) groups is 1. The molecule has 0 aliphatic heterocycles. The van der Waals surface area contributed by atoms with Crippen molar-refractivity contribution >= 4 is 17.7 Å². The van der Waals surface area contributed by atoms with Crippen LogP contribution in [-0.4, -0.2) is 21.4 Å². The zero-order valence-electron chi connectivity index (χ0n) is 14.9. The van der Waals surface area contributed by atoms with Crippen LogP contribution in [0.1, 0.15) is 77.6 Å². The Kier molecular flexibility index (Phi) is 4.35. The standard InChI is InChI=1S/C20H30N2OS/c1-14(18(23)22-19(13-21)5-3-2-4-6-19)24-20-10-15-7-16(11-20)9-17(8-15)12-20/h14-17H,2-12H2,1H3,(H,22,23)/t14-,15?,16?,17?,20?/m0/s1. The van der Waals surface area contributed by atoms with Crippen molar-refractivity contribution in [1.82, 2.24) is 5.32 Å². The van der Waals surface area contributed by atoms with Crippen molar-refractivity contribution in [2.75, 3.05) is 0 Å². The molecular weight excluding hydrogens is 316 g/mol. The highest BCUT2D eigenvalue weighted by atomic mass is 32.2. The Morgan fingerprint density at radius 2 is 1.62 bits per heavy atom. The van der Waals surface area contributed by atoms with E-state index in [0.717, 1.165) is 43.4 Å². The Balaban J connectivity index is 1.40. The van der Waals surface area contributed by atoms with Gasteiger partial charge in [-0.2, -0.15) is 5.26 Å². The largest absolute Gasteiger partial charge is 0.337 e. The lowest BCUT2D eigenvalue weighted by Crippen LogP contribution is -2.53. The first-order valence-electron chi connectivity index (χ1n) is 9.93. The first kappa shape index (κ1) is 16.8. The minimum Gasteiger partial charge on any atom is -0.337 e. The van der Waals surface area contributed by atoms with Gasteiger partial charge in [-0.15, -0.1) is 11.8 Å². The van der Waals surface area contributed by atoms with Crippen LogP contribution in [0.25, 0.3) is 0 Å². The minimum atomic E-state index is -0.592. The third kappa shape index (κ3) is 3.09. The minimum absolute atomic E-state index is 0.0339. The molecule has 5 saturated carbocycles. The second-order valence-corrected chi connectivity index (χ2v) is 10.9. The number of rotatable bonds is 4. The van der Waals surface area contributed by atoms with E-state index in [2.05, 4.69) is 18.3 Å². The van der Waals surface area contributed by atoms with Crippen molar-refractivity contribution in [2.24, 2.45) is 17.8 Å². The van der Waals surface area contributed by atoms with Crippen LogP contribution in [0.4, 0.5) is 0 Å². The SMILES string of the molecule is C[C@H](SC12CC3CC(CC(C3)C1)C2)C(=O)NC1(C#N)CCCCC1. The Hall–Kier alpha value is -0.690. The third-order valence-electron chi connectivity index (χ3n) is 7.06. The summed E-state index contributed by atoms with van der Waals surface area (Å²) in [7, 11) is 0. The van der Waals surface area contributed by atoms with Crippen LogP contribution in [0.5, 0.6) is 0 Å². The first-order valence-corrected chi connectivity index (χ1v) is 10.8. The van der Waals surface area contributed by atoms with E-state index in [9.17, 15) is 10.1 Å². The zero-order chi connectivity index (χ0) is 16.8. The molecule has 1 N–H and O–H groups in total. The summed E-state index contributed by atoms with van der Waals surface area (Å²) in [6.07, 6.45) is 13.3. The average molecular weight is 347 g/mol. The number of hydrogen-bond donors (Lipinski definition) is 1. The van der Waals surface area contributed by atoms with E-state index in [0.29, 0.717) is 4.75 Å². The van der Waals surface area contributed by atoms with Crippen LogP contribution >= 0.6 is 11.8 Å². The maximum absolute atomic E-state index is 12.8. The molecule has 5 aliphatic rings. The summed E-state index contributed by atoms with van der Waals surface area (Å²) < 4.78 is 0.359. The molecule has 24 heavy (non-hydrogen) atoms. The van der Waals surface area contributed by atoms with Gasteiger partial charge in [-0.1, -0.05) is 19.3 Å². The summed E-state index contributed by atoms with van der Waals surface area (Å²) in [5.41, 5.74) is -0.592. The fourth-order valence-electron chi connectivity index (χ4n) is 6.36. The number of hydrogen-bond acceptors (Lipinski definition) is 3. The van der Waals surface area contributed by atoms with Gasteiger partial charge in [0.05, 0.1) is 11.3 Å². The molecular formula is C20H30N2OS. The number of thioether (sulfide) groups is 1. The van der Waals surface area contributed by atoms with Crippen molar-refractivity contribution in [1.29, 1.82) is 5.26 Å². The van der Waals surface area contributed by atoms with Crippen molar-refractivity contribution in [3.63, 3.8) is 0 Å². The monoisotopic (exact) mass is 346 g/mol. The van der Waals surface area contributed by atoms with Crippen molar-refractivity contribution in [2.45, 2.75) is 93.1 Å². The molecule has 5 fully saturated rings. The van der Waals surface area contributed by atoms with Crippen LogP contribution in [0.2, 0.25) is 0 Å². The van der Waals surface area contributed by atoms with Crippen LogP contribution in [0.3, 0.4) is 0 Å². The van der Waals surface area contributed by atoms with Crippen molar-refractivity contribution < 1.29 is 4.79 Å². The predicted molar refractivity (Wildman–Crippen MR) is 97.5 cm³/mol. The topological polar surface area (TPSA) is 52.9 Å². The van der Waals surface area contributed by atoms with Gasteiger partial charge in [0.2, 0.25) is 5.91 Å². The molecule has 1 atom stereocenters. The number of carbonyl (C=O) groups excluding carboxylic acids is 1. The summed E-state index contributed by atoms with van der Waals surface area (Å²) in [6.45, 7) is 2.06. The molecule has 0 aromatic heterocycles. The van der Waals surface area contributed by atoms with Crippen LogP contribution in [0.15, 0.2) is 0 Å². The Morgan fingerprint density at radius 1 is 1.08 bits per heavy atom. The molecule has 0 heterocycles. The summed E-state index contributed by atoms with van der Waals surface area (Å²) in [6, 6.07) is 2.42. The number of nitriles is 1. The molecule has 132 valence electrons. The molecule has 4 heteroatoms. The number of nitrogens with zero attached hydrogens (tertiary/aromatic N) is 1. The highest BCUT2D eigenvalue weighted by molar-refractivity contribution is 8.01. The summed E-state index contributed by atoms with van der Waals surface area (Å²) in [5, 5.41) is 12.7. The molecule has 0 aromatic carbocycles. The van der Waals surface area contributed by atoms with E-state index in [1.54, 1.807) is 0 Å². The lowest BCUT2D eigenvalue weighted by Gasteiger charge is -2.57. The Morgan fingerprint density at radius 3 is 2.12 bits per heavy atom. The van der Waals surface area contributed by atoms with Gasteiger partial charge >= 0.3 is 0 Å². The van der Waals surface area contributed by atoms with Gasteiger partial charge < -0.3 is 5.32 Å². The second-order valence-electron chi connectivity index (χ2n) is 9.10. The van der Waals surface area contributed by atoms with E-state index in [1.807, 2.05) is 11.8 Å². The highest BCUT2D eigenvalue weighted by Crippen LogP contribution is 2.61. The molecule has 0 aromatic rings. The third-order valence-corrected chi connectivity index (χ3v) is 8.63. The zero-order valence-corrected chi connectivity index (χ0v) is 15.7. The molecule has 0 saturated heterocycles. The number of amides is 1. The van der Waals surface area contributed by atoms with Gasteiger partial charge in [0, 0.05) is 4.75 Å². The van der Waals surface area contributed by atoms with Gasteiger partial charge in [0.25, 0.3) is 0 Å². The Labute approximate surface area is 150 Å². The van der Waals surface area contributed by atoms with E-state index in [-0.39, 0.29) is 11.2 Å². The Bertz CT molecular complexity index is 511. The molecule has 0 spiro atoms. The fourth-order valence-corrected chi connectivity index (χ4v) is 8.27. The molecule has 0 unspecified atom stereocenters. The average Bonchev–Trinajstić information content (AvgIpc) is 2.54. The van der Waals surface area contributed by atoms with E-state index < -0.39 is 5.54 Å². The van der Waals surface area contributed by atoms with Gasteiger partial charge in [-0.25, -0.2) is 0 Å². The van der Waals surface area contributed by atoms with Crippen molar-refractivity contribution in [3.05, 3.63) is 0 Å². The van der Waals surface area contributed by atoms with Gasteiger partial charge in [-0.05, 0) is 76.0 Å². The normalized spacial score (nSPS) is 40.8. The smallest absolute Gasteiger partial charge is 0.234 e. The second kappa shape index (κ2) is 6.24. The first-order chi connectivity index (χ1) is 11.5. The van der Waals surface area contributed by atoms with E-state index in [1.165, 1.54) is 44.9 Å². The lowest BCUT2D eigenvalue weighted by molar-refractivity contribution is -0.122. The molecule has 5 aliphatic carbocycles. The maximum atomic E-state index is 12.8. The summed E-state index contributed by atoms with van der Waals surface area (Å²) in [5.74, 6) is 2.85. The van der Waals surface area contributed by atoms with Gasteiger partial charge in [0.15, 0.2) is 0 Å². The molecule has 3 nitrogen and oxygen atoms in total. The number of nitrogens with one attached hydrogen (secondary N) is 1. The highest BCUT2D eigenvalue weighted by Gasteiger charge is 2.52. The molecule has 4 bridgehead atoms. The van der Waals surface area contributed by atoms with Gasteiger partial charge in [-0.3, -0.25) is 4.79 Å². The van der Waals surface area contributed by atoms with Crippen LogP contribution in [0, 0.1) is 29.1 Å². The quantitative estimate of drug-likeness (QED) is 0.820. The van der Waals surface area contributed by atoms with E-state index >= 15 is 0 Å². The lowest BCUT2D eigenvalue weighted by atomic mass is 9.56. The van der Waals surface area contributed by atoms with E-state index in [4.69, 9.17) is 0 Å². The summed E-state index contributed by atoms with van der Waals surface area (Å²) >= 11 is 1.94. The maximum Gasteiger partial charge on any atom is 0.234 e. The van der Waals surface area contributed by atoms with Crippen LogP contribution in [-0.2, 0) is 4.79 Å². The predicted octanol–water partition coefficient (Wildman–Crippen LogP) is 4.42. The van der Waals surface area contributed by atoms with Crippen molar-refractivity contribution in [3.8, 4) is 6.07 Å². The van der Waals surface area contributed by atoms with Crippen LogP contribution < -0.4 is 5.32 Å². The summed E-state index contributed by atoms with van der Waals surface area (Å²) in [4.78, 5) is 12.8. The molecule has 5 rings (SSSR count). The molecule has 0 radical (unpaired) electrons. The van der Waals surface area contributed by atoms with Gasteiger partial charge in [0.1, 0.15) is 5.54 Å². The molecule has 1 amide bonds.